The minimum atomic E-state index is -1.00. The zero-order valence-corrected chi connectivity index (χ0v) is 11.2. The number of carbonyl (C=O) groups is 2. The molecule has 8 heteroatoms. The van der Waals surface area contributed by atoms with Crippen LogP contribution in [0.4, 0.5) is 0 Å². The van der Waals surface area contributed by atoms with Gasteiger partial charge in [-0.25, -0.2) is 9.78 Å². The highest BCUT2D eigenvalue weighted by Gasteiger charge is 2.31. The Hall–Kier alpha value is -1.51. The molecule has 1 aliphatic heterocycles. The van der Waals surface area contributed by atoms with E-state index in [1.165, 1.54) is 0 Å². The Bertz CT molecular complexity index is 502. The number of carbonyl (C=O) groups excluding carboxylic acids is 1. The highest BCUT2D eigenvalue weighted by molar-refractivity contribution is 7.13. The number of rotatable bonds is 4. The Morgan fingerprint density at radius 1 is 1.58 bits per heavy atom. The first-order valence-electron chi connectivity index (χ1n) is 5.79. The van der Waals surface area contributed by atoms with Gasteiger partial charge in [0.15, 0.2) is 0 Å². The van der Waals surface area contributed by atoms with Gasteiger partial charge in [-0.05, 0) is 6.92 Å². The third-order valence-electron chi connectivity index (χ3n) is 2.91. The molecular formula is C11H15N3O4S. The van der Waals surface area contributed by atoms with E-state index in [1.807, 2.05) is 0 Å². The van der Waals surface area contributed by atoms with E-state index in [4.69, 9.17) is 15.6 Å². The molecule has 2 unspecified atom stereocenters. The molecule has 19 heavy (non-hydrogen) atoms. The Labute approximate surface area is 113 Å². The van der Waals surface area contributed by atoms with Crippen LogP contribution in [0.3, 0.4) is 0 Å². The Balaban J connectivity index is 1.93. The van der Waals surface area contributed by atoms with Gasteiger partial charge in [0.25, 0.3) is 0 Å². The highest BCUT2D eigenvalue weighted by atomic mass is 32.1. The molecule has 1 aromatic heterocycles. The number of aromatic nitrogens is 1. The summed E-state index contributed by atoms with van der Waals surface area (Å²) in [5.41, 5.74) is 6.20. The van der Waals surface area contributed by atoms with Crippen LogP contribution in [0.15, 0.2) is 0 Å². The average Bonchev–Trinajstić information content (AvgIpc) is 2.92. The van der Waals surface area contributed by atoms with Crippen molar-refractivity contribution in [3.8, 4) is 0 Å². The molecule has 2 atom stereocenters. The average molecular weight is 285 g/mol. The van der Waals surface area contributed by atoms with Crippen molar-refractivity contribution in [2.75, 3.05) is 13.2 Å². The molecule has 1 saturated heterocycles. The summed E-state index contributed by atoms with van der Waals surface area (Å²) in [6.45, 7) is 2.55. The number of hydrogen-bond donors (Lipinski definition) is 3. The van der Waals surface area contributed by atoms with Crippen LogP contribution in [0.5, 0.6) is 0 Å². The van der Waals surface area contributed by atoms with E-state index in [2.05, 4.69) is 10.3 Å². The van der Waals surface area contributed by atoms with Gasteiger partial charge in [-0.15, -0.1) is 11.3 Å². The highest BCUT2D eigenvalue weighted by Crippen LogP contribution is 2.18. The number of carboxylic acids is 1. The normalized spacial score (nSPS) is 22.4. The van der Waals surface area contributed by atoms with Gasteiger partial charge in [0.1, 0.15) is 9.88 Å². The van der Waals surface area contributed by atoms with Crippen LogP contribution in [0.25, 0.3) is 0 Å². The summed E-state index contributed by atoms with van der Waals surface area (Å²) in [4.78, 5) is 27.0. The molecule has 0 aliphatic carbocycles. The molecular weight excluding hydrogens is 270 g/mol. The molecule has 1 aromatic rings. The van der Waals surface area contributed by atoms with Crippen LogP contribution in [0.2, 0.25) is 0 Å². The van der Waals surface area contributed by atoms with Crippen molar-refractivity contribution in [3.05, 3.63) is 15.6 Å². The third kappa shape index (κ3) is 3.09. The molecule has 0 aromatic carbocycles. The van der Waals surface area contributed by atoms with E-state index in [0.29, 0.717) is 23.9 Å². The topological polar surface area (TPSA) is 115 Å². The van der Waals surface area contributed by atoms with Gasteiger partial charge in [-0.3, -0.25) is 4.79 Å². The first kappa shape index (κ1) is 13.9. The Morgan fingerprint density at radius 3 is 2.84 bits per heavy atom. The number of carboxylic acid groups (broad SMARTS) is 1. The van der Waals surface area contributed by atoms with Gasteiger partial charge in [0, 0.05) is 6.04 Å². The first-order valence-corrected chi connectivity index (χ1v) is 6.61. The van der Waals surface area contributed by atoms with Crippen molar-refractivity contribution in [2.45, 2.75) is 19.5 Å². The largest absolute Gasteiger partial charge is 0.477 e. The summed E-state index contributed by atoms with van der Waals surface area (Å²) in [6.07, 6.45) is 0. The second-order valence-electron chi connectivity index (χ2n) is 4.35. The second kappa shape index (κ2) is 5.64. The lowest BCUT2D eigenvalue weighted by Crippen LogP contribution is -2.40. The number of aromatic carboxylic acids is 1. The SMILES string of the molecule is Cc1nc(CNC(=O)C2COCC2N)sc1C(=O)O. The van der Waals surface area contributed by atoms with Gasteiger partial charge in [-0.1, -0.05) is 0 Å². The maximum Gasteiger partial charge on any atom is 0.347 e. The van der Waals surface area contributed by atoms with Crippen molar-refractivity contribution in [3.63, 3.8) is 0 Å². The third-order valence-corrected chi connectivity index (χ3v) is 4.06. The fraction of sp³-hybridized carbons (Fsp3) is 0.545. The number of ether oxygens (including phenoxy) is 1. The van der Waals surface area contributed by atoms with Gasteiger partial charge in [0.2, 0.25) is 5.91 Å². The fourth-order valence-corrected chi connectivity index (χ4v) is 2.70. The molecule has 4 N–H and O–H groups in total. The lowest BCUT2D eigenvalue weighted by atomic mass is 10.0. The van der Waals surface area contributed by atoms with Crippen molar-refractivity contribution in [2.24, 2.45) is 11.7 Å². The molecule has 1 aliphatic rings. The molecule has 0 radical (unpaired) electrons. The molecule has 1 amide bonds. The van der Waals surface area contributed by atoms with E-state index in [9.17, 15) is 9.59 Å². The summed E-state index contributed by atoms with van der Waals surface area (Å²) in [7, 11) is 0. The van der Waals surface area contributed by atoms with E-state index in [-0.39, 0.29) is 29.3 Å². The molecule has 0 bridgehead atoms. The number of amides is 1. The summed E-state index contributed by atoms with van der Waals surface area (Å²) in [6, 6.07) is -0.285. The van der Waals surface area contributed by atoms with Gasteiger partial charge in [-0.2, -0.15) is 0 Å². The molecule has 104 valence electrons. The summed E-state index contributed by atoms with van der Waals surface area (Å²) < 4.78 is 5.12. The van der Waals surface area contributed by atoms with Crippen LogP contribution < -0.4 is 11.1 Å². The van der Waals surface area contributed by atoms with Gasteiger partial charge < -0.3 is 20.9 Å². The predicted octanol–water partition coefficient (Wildman–Crippen LogP) is -0.260. The van der Waals surface area contributed by atoms with Gasteiger partial charge in [0.05, 0.1) is 31.4 Å². The summed E-state index contributed by atoms with van der Waals surface area (Å²) in [5.74, 6) is -1.53. The number of aryl methyl sites for hydroxylation is 1. The fourth-order valence-electron chi connectivity index (χ4n) is 1.86. The quantitative estimate of drug-likeness (QED) is 0.702. The number of nitrogens with two attached hydrogens (primary N) is 1. The van der Waals surface area contributed by atoms with E-state index in [0.717, 1.165) is 11.3 Å². The lowest BCUT2D eigenvalue weighted by molar-refractivity contribution is -0.125. The Kier molecular flexibility index (Phi) is 4.13. The minimum absolute atomic E-state index is 0.185. The van der Waals surface area contributed by atoms with E-state index >= 15 is 0 Å². The first-order chi connectivity index (χ1) is 8.99. The van der Waals surface area contributed by atoms with E-state index in [1.54, 1.807) is 6.92 Å². The monoisotopic (exact) mass is 285 g/mol. The van der Waals surface area contributed by atoms with Crippen molar-refractivity contribution in [1.29, 1.82) is 0 Å². The van der Waals surface area contributed by atoms with Crippen molar-refractivity contribution in [1.82, 2.24) is 10.3 Å². The summed E-state index contributed by atoms with van der Waals surface area (Å²) in [5, 5.41) is 12.2. The predicted molar refractivity (Wildman–Crippen MR) is 67.9 cm³/mol. The second-order valence-corrected chi connectivity index (χ2v) is 5.44. The van der Waals surface area contributed by atoms with Crippen LogP contribution >= 0.6 is 11.3 Å². The summed E-state index contributed by atoms with van der Waals surface area (Å²) >= 11 is 1.07. The van der Waals surface area contributed by atoms with Crippen LogP contribution in [-0.4, -0.2) is 41.2 Å². The number of nitrogens with one attached hydrogen (secondary N) is 1. The molecule has 0 saturated carbocycles. The molecule has 0 spiro atoms. The van der Waals surface area contributed by atoms with Crippen molar-refractivity contribution < 1.29 is 19.4 Å². The number of thiazole rings is 1. The molecule has 2 rings (SSSR count). The van der Waals surface area contributed by atoms with Crippen LogP contribution in [0.1, 0.15) is 20.4 Å². The zero-order chi connectivity index (χ0) is 14.0. The van der Waals surface area contributed by atoms with Crippen LogP contribution in [0, 0.1) is 12.8 Å². The van der Waals surface area contributed by atoms with Crippen LogP contribution in [-0.2, 0) is 16.1 Å². The zero-order valence-electron chi connectivity index (χ0n) is 10.4. The standard InChI is InChI=1S/C11H15N3O4S/c1-5-9(11(16)17)19-8(14-5)2-13-10(15)6-3-18-4-7(6)12/h6-7H,2-4,12H2,1H3,(H,13,15)(H,16,17). The van der Waals surface area contributed by atoms with E-state index < -0.39 is 5.97 Å². The lowest BCUT2D eigenvalue weighted by Gasteiger charge is -2.12. The minimum Gasteiger partial charge on any atom is -0.477 e. The number of hydrogen-bond acceptors (Lipinski definition) is 6. The number of nitrogens with zero attached hydrogens (tertiary/aromatic N) is 1. The smallest absolute Gasteiger partial charge is 0.347 e. The molecule has 1 fully saturated rings. The molecule has 2 heterocycles. The maximum atomic E-state index is 11.8. The Morgan fingerprint density at radius 2 is 2.32 bits per heavy atom. The van der Waals surface area contributed by atoms with Gasteiger partial charge >= 0.3 is 5.97 Å². The maximum absolute atomic E-state index is 11.8. The van der Waals surface area contributed by atoms with Crippen molar-refractivity contribution >= 4 is 23.2 Å². The molecule has 7 nitrogen and oxygen atoms in total.